The third-order valence-electron chi connectivity index (χ3n) is 5.43. The Hall–Kier alpha value is -3.83. The molecule has 4 rings (SSSR count). The minimum absolute atomic E-state index is 0.0788. The highest BCUT2D eigenvalue weighted by Crippen LogP contribution is 2.37. The molecule has 9 nitrogen and oxygen atoms in total. The van der Waals surface area contributed by atoms with Gasteiger partial charge in [0.05, 0.1) is 32.1 Å². The summed E-state index contributed by atoms with van der Waals surface area (Å²) in [4.78, 5) is 25.4. The first-order chi connectivity index (χ1) is 18.0. The summed E-state index contributed by atoms with van der Waals surface area (Å²) >= 11 is 2.51. The summed E-state index contributed by atoms with van der Waals surface area (Å²) in [6.07, 6.45) is 0. The Kier molecular flexibility index (Phi) is 8.47. The Labute approximate surface area is 222 Å². The zero-order valence-electron chi connectivity index (χ0n) is 20.8. The number of carbonyl (C=O) groups excluding carboxylic acids is 2. The van der Waals surface area contributed by atoms with Gasteiger partial charge in [0, 0.05) is 18.0 Å². The van der Waals surface area contributed by atoms with Crippen LogP contribution in [-0.2, 0) is 16.6 Å². The number of nitrogens with zero attached hydrogens (tertiary/aromatic N) is 3. The lowest BCUT2D eigenvalue weighted by molar-refractivity contribution is -0.113. The Morgan fingerprint density at radius 1 is 1.05 bits per heavy atom. The summed E-state index contributed by atoms with van der Waals surface area (Å²) in [5.74, 6) is 1.34. The van der Waals surface area contributed by atoms with Crippen molar-refractivity contribution in [3.63, 3.8) is 0 Å². The van der Waals surface area contributed by atoms with Crippen molar-refractivity contribution in [1.82, 2.24) is 14.8 Å². The number of thiophene rings is 1. The molecule has 0 unspecified atom stereocenters. The Morgan fingerprint density at radius 3 is 2.51 bits per heavy atom. The second kappa shape index (κ2) is 11.9. The number of para-hydroxylation sites is 1. The third kappa shape index (κ3) is 5.78. The molecule has 4 aromatic rings. The van der Waals surface area contributed by atoms with E-state index >= 15 is 0 Å². The van der Waals surface area contributed by atoms with Gasteiger partial charge >= 0.3 is 5.97 Å². The van der Waals surface area contributed by atoms with Gasteiger partial charge in [-0.25, -0.2) is 4.79 Å². The van der Waals surface area contributed by atoms with Gasteiger partial charge in [0.25, 0.3) is 0 Å². The van der Waals surface area contributed by atoms with Crippen molar-refractivity contribution in [2.75, 3.05) is 31.9 Å². The van der Waals surface area contributed by atoms with Crippen LogP contribution in [0.5, 0.6) is 11.5 Å². The van der Waals surface area contributed by atoms with Crippen molar-refractivity contribution in [1.29, 1.82) is 0 Å². The minimum atomic E-state index is -0.527. The first kappa shape index (κ1) is 26.2. The topological polar surface area (TPSA) is 105 Å². The molecule has 1 N–H and O–H groups in total. The van der Waals surface area contributed by atoms with E-state index in [0.717, 1.165) is 16.9 Å². The van der Waals surface area contributed by atoms with Crippen LogP contribution in [0.1, 0.15) is 17.3 Å². The summed E-state index contributed by atoms with van der Waals surface area (Å²) in [7, 11) is 4.75. The van der Waals surface area contributed by atoms with E-state index in [0.29, 0.717) is 39.5 Å². The van der Waals surface area contributed by atoms with E-state index in [-0.39, 0.29) is 11.7 Å². The highest BCUT2D eigenvalue weighted by atomic mass is 32.2. The summed E-state index contributed by atoms with van der Waals surface area (Å²) in [6, 6.07) is 14.9. The number of esters is 1. The molecule has 11 heteroatoms. The number of carbonyl (C=O) groups is 2. The lowest BCUT2D eigenvalue weighted by Gasteiger charge is -2.10. The zero-order chi connectivity index (χ0) is 26.4. The molecule has 0 saturated carbocycles. The van der Waals surface area contributed by atoms with Gasteiger partial charge in [0.15, 0.2) is 11.0 Å². The highest BCUT2D eigenvalue weighted by Gasteiger charge is 2.23. The fourth-order valence-corrected chi connectivity index (χ4v) is 5.32. The Balaban J connectivity index is 1.49. The highest BCUT2D eigenvalue weighted by molar-refractivity contribution is 7.99. The van der Waals surface area contributed by atoms with Crippen LogP contribution in [-0.4, -0.2) is 53.2 Å². The molecular weight excluding hydrogens is 512 g/mol. The molecule has 2 heterocycles. The van der Waals surface area contributed by atoms with Crippen LogP contribution in [0.4, 0.5) is 5.00 Å². The standard InChI is InChI=1S/C26H26N4O5S2/c1-5-35-20-9-7-6-8-18(20)23-28-29-26(30(23)2)37-15-21(31)27-24-22(25(32)34-4)19(14-36-24)16-10-12-17(33-3)13-11-16/h6-14H,5,15H2,1-4H3,(H,27,31). The molecule has 2 aromatic carbocycles. The van der Waals surface area contributed by atoms with Crippen LogP contribution in [0.2, 0.25) is 0 Å². The second-order valence-corrected chi connectivity index (χ2v) is 9.53. The minimum Gasteiger partial charge on any atom is -0.497 e. The fourth-order valence-electron chi connectivity index (χ4n) is 3.64. The average molecular weight is 539 g/mol. The zero-order valence-corrected chi connectivity index (χ0v) is 22.4. The number of methoxy groups -OCH3 is 2. The molecule has 192 valence electrons. The van der Waals surface area contributed by atoms with Crippen molar-refractivity contribution in [2.45, 2.75) is 12.1 Å². The summed E-state index contributed by atoms with van der Waals surface area (Å²) in [5.41, 5.74) is 2.62. The molecular formula is C26H26N4O5S2. The Bertz CT molecular complexity index is 1400. The van der Waals surface area contributed by atoms with Crippen molar-refractivity contribution in [3.05, 3.63) is 59.5 Å². The monoisotopic (exact) mass is 538 g/mol. The number of aromatic nitrogens is 3. The number of nitrogens with one attached hydrogen (secondary N) is 1. The van der Waals surface area contributed by atoms with Gasteiger partial charge in [-0.2, -0.15) is 0 Å². The predicted octanol–water partition coefficient (Wildman–Crippen LogP) is 5.14. The van der Waals surface area contributed by atoms with Gasteiger partial charge in [-0.3, -0.25) is 4.79 Å². The molecule has 0 aliphatic carbocycles. The predicted molar refractivity (Wildman–Crippen MR) is 145 cm³/mol. The van der Waals surface area contributed by atoms with E-state index in [2.05, 4.69) is 15.5 Å². The first-order valence-corrected chi connectivity index (χ1v) is 13.2. The summed E-state index contributed by atoms with van der Waals surface area (Å²) in [6.45, 7) is 2.46. The van der Waals surface area contributed by atoms with E-state index in [4.69, 9.17) is 14.2 Å². The molecule has 0 aliphatic heterocycles. The van der Waals surface area contributed by atoms with Gasteiger partial charge in [0.2, 0.25) is 5.91 Å². The molecule has 0 aliphatic rings. The quantitative estimate of drug-likeness (QED) is 0.219. The molecule has 0 spiro atoms. The van der Waals surface area contributed by atoms with E-state index in [9.17, 15) is 9.59 Å². The number of thioether (sulfide) groups is 1. The van der Waals surface area contributed by atoms with Crippen LogP contribution in [0.3, 0.4) is 0 Å². The van der Waals surface area contributed by atoms with E-state index in [1.54, 1.807) is 7.11 Å². The summed E-state index contributed by atoms with van der Waals surface area (Å²) in [5, 5.41) is 14.2. The van der Waals surface area contributed by atoms with Crippen molar-refractivity contribution >= 4 is 40.0 Å². The van der Waals surface area contributed by atoms with Crippen molar-refractivity contribution in [2.24, 2.45) is 7.05 Å². The maximum absolute atomic E-state index is 12.8. The van der Waals surface area contributed by atoms with Crippen molar-refractivity contribution in [3.8, 4) is 34.0 Å². The van der Waals surface area contributed by atoms with Crippen LogP contribution >= 0.6 is 23.1 Å². The number of rotatable bonds is 10. The van der Waals surface area contributed by atoms with Crippen LogP contribution in [0.25, 0.3) is 22.5 Å². The van der Waals surface area contributed by atoms with Gasteiger partial charge in [-0.05, 0) is 36.8 Å². The number of amides is 1. The van der Waals surface area contributed by atoms with Gasteiger partial charge < -0.3 is 24.1 Å². The molecule has 0 atom stereocenters. The number of anilines is 1. The molecule has 0 saturated heterocycles. The maximum atomic E-state index is 12.8. The van der Waals surface area contributed by atoms with Gasteiger partial charge in [0.1, 0.15) is 22.1 Å². The van der Waals surface area contributed by atoms with E-state index < -0.39 is 5.97 Å². The lowest BCUT2D eigenvalue weighted by Crippen LogP contribution is -2.16. The first-order valence-electron chi connectivity index (χ1n) is 11.3. The fraction of sp³-hybridized carbons (Fsp3) is 0.231. The molecule has 1 amide bonds. The van der Waals surface area contributed by atoms with Crippen LogP contribution < -0.4 is 14.8 Å². The Morgan fingerprint density at radius 2 is 1.81 bits per heavy atom. The largest absolute Gasteiger partial charge is 0.497 e. The summed E-state index contributed by atoms with van der Waals surface area (Å²) < 4.78 is 17.7. The maximum Gasteiger partial charge on any atom is 0.341 e. The smallest absolute Gasteiger partial charge is 0.341 e. The molecule has 0 radical (unpaired) electrons. The lowest BCUT2D eigenvalue weighted by atomic mass is 10.0. The number of hydrogen-bond donors (Lipinski definition) is 1. The molecule has 37 heavy (non-hydrogen) atoms. The van der Waals surface area contributed by atoms with Gasteiger partial charge in [-0.1, -0.05) is 36.0 Å². The third-order valence-corrected chi connectivity index (χ3v) is 7.35. The molecule has 0 fully saturated rings. The number of benzene rings is 2. The molecule has 0 bridgehead atoms. The van der Waals surface area contributed by atoms with Gasteiger partial charge in [-0.15, -0.1) is 21.5 Å². The second-order valence-electron chi connectivity index (χ2n) is 7.70. The SMILES string of the molecule is CCOc1ccccc1-c1nnc(SCC(=O)Nc2scc(-c3ccc(OC)cc3)c2C(=O)OC)n1C. The van der Waals surface area contributed by atoms with Crippen LogP contribution in [0, 0.1) is 0 Å². The molecule has 2 aromatic heterocycles. The van der Waals surface area contributed by atoms with E-state index in [1.165, 1.54) is 30.2 Å². The normalized spacial score (nSPS) is 10.7. The van der Waals surface area contributed by atoms with E-state index in [1.807, 2.05) is 72.4 Å². The number of ether oxygens (including phenoxy) is 3. The van der Waals surface area contributed by atoms with Crippen LogP contribution in [0.15, 0.2) is 59.1 Å². The average Bonchev–Trinajstić information content (AvgIpc) is 3.50. The van der Waals surface area contributed by atoms with Crippen molar-refractivity contribution < 1.29 is 23.8 Å². The number of hydrogen-bond acceptors (Lipinski definition) is 9.